The van der Waals surface area contributed by atoms with Crippen LogP contribution < -0.4 is 4.72 Å². The summed E-state index contributed by atoms with van der Waals surface area (Å²) in [7, 11) is -3.05. The standard InChI is InChI=1S/C14H22N2O2S/c1-19(17,18)15-11-13-7-9-16(10-8-13)12-14-5-3-2-4-6-14/h2-6,13,15H,7-12H2,1H3. The first-order chi connectivity index (χ1) is 9.03. The van der Waals surface area contributed by atoms with Gasteiger partial charge in [-0.05, 0) is 37.4 Å². The van der Waals surface area contributed by atoms with Crippen LogP contribution in [0.25, 0.3) is 0 Å². The van der Waals surface area contributed by atoms with E-state index in [1.807, 2.05) is 6.07 Å². The molecular formula is C14H22N2O2S. The van der Waals surface area contributed by atoms with Gasteiger partial charge in [-0.1, -0.05) is 30.3 Å². The van der Waals surface area contributed by atoms with Crippen LogP contribution in [-0.2, 0) is 16.6 Å². The van der Waals surface area contributed by atoms with Gasteiger partial charge in [-0.2, -0.15) is 0 Å². The maximum atomic E-state index is 11.1. The summed E-state index contributed by atoms with van der Waals surface area (Å²) in [5.41, 5.74) is 1.34. The lowest BCUT2D eigenvalue weighted by Gasteiger charge is -2.31. The minimum absolute atomic E-state index is 0.474. The van der Waals surface area contributed by atoms with Gasteiger partial charge in [0, 0.05) is 13.1 Å². The molecule has 0 saturated carbocycles. The van der Waals surface area contributed by atoms with E-state index in [0.717, 1.165) is 32.5 Å². The Morgan fingerprint density at radius 3 is 2.42 bits per heavy atom. The van der Waals surface area contributed by atoms with E-state index in [2.05, 4.69) is 33.9 Å². The van der Waals surface area contributed by atoms with E-state index in [1.54, 1.807) is 0 Å². The van der Waals surface area contributed by atoms with Crippen molar-refractivity contribution < 1.29 is 8.42 Å². The van der Waals surface area contributed by atoms with Crippen molar-refractivity contribution in [3.63, 3.8) is 0 Å². The van der Waals surface area contributed by atoms with Crippen LogP contribution >= 0.6 is 0 Å². The zero-order valence-electron chi connectivity index (χ0n) is 11.4. The van der Waals surface area contributed by atoms with Crippen LogP contribution in [0.1, 0.15) is 18.4 Å². The fourth-order valence-electron chi connectivity index (χ4n) is 2.46. The number of hydrogen-bond donors (Lipinski definition) is 1. The van der Waals surface area contributed by atoms with Gasteiger partial charge >= 0.3 is 0 Å². The highest BCUT2D eigenvalue weighted by molar-refractivity contribution is 7.88. The molecule has 0 aromatic heterocycles. The Labute approximate surface area is 115 Å². The van der Waals surface area contributed by atoms with Crippen molar-refractivity contribution in [3.05, 3.63) is 35.9 Å². The molecule has 0 radical (unpaired) electrons. The third-order valence-electron chi connectivity index (χ3n) is 3.59. The van der Waals surface area contributed by atoms with E-state index >= 15 is 0 Å². The normalized spacial score (nSPS) is 18.6. The maximum absolute atomic E-state index is 11.1. The first-order valence-electron chi connectivity index (χ1n) is 6.74. The molecule has 0 spiro atoms. The van der Waals surface area contributed by atoms with Gasteiger partial charge in [0.15, 0.2) is 0 Å². The molecule has 19 heavy (non-hydrogen) atoms. The van der Waals surface area contributed by atoms with Crippen molar-refractivity contribution in [1.29, 1.82) is 0 Å². The topological polar surface area (TPSA) is 49.4 Å². The molecule has 1 aliphatic rings. The molecule has 1 heterocycles. The molecule has 4 nitrogen and oxygen atoms in total. The lowest BCUT2D eigenvalue weighted by atomic mass is 9.97. The van der Waals surface area contributed by atoms with Crippen molar-refractivity contribution in [3.8, 4) is 0 Å². The van der Waals surface area contributed by atoms with Gasteiger partial charge in [-0.3, -0.25) is 4.90 Å². The molecule has 1 aromatic rings. The zero-order chi connectivity index (χ0) is 13.7. The fourth-order valence-corrected chi connectivity index (χ4v) is 3.00. The Bertz CT molecular complexity index is 479. The van der Waals surface area contributed by atoms with E-state index in [-0.39, 0.29) is 0 Å². The quantitative estimate of drug-likeness (QED) is 0.889. The molecule has 0 aliphatic carbocycles. The molecule has 5 heteroatoms. The summed E-state index contributed by atoms with van der Waals surface area (Å²) < 4.78 is 24.7. The zero-order valence-corrected chi connectivity index (χ0v) is 12.2. The van der Waals surface area contributed by atoms with Gasteiger partial charge < -0.3 is 0 Å². The minimum Gasteiger partial charge on any atom is -0.299 e. The Morgan fingerprint density at radius 2 is 1.84 bits per heavy atom. The van der Waals surface area contributed by atoms with Crippen molar-refractivity contribution in [2.24, 2.45) is 5.92 Å². The fraction of sp³-hybridized carbons (Fsp3) is 0.571. The van der Waals surface area contributed by atoms with E-state index in [4.69, 9.17) is 0 Å². The molecule has 1 aromatic carbocycles. The minimum atomic E-state index is -3.05. The van der Waals surface area contributed by atoms with Crippen LogP contribution in [0.4, 0.5) is 0 Å². The first-order valence-corrected chi connectivity index (χ1v) is 8.63. The summed E-state index contributed by atoms with van der Waals surface area (Å²) in [6.45, 7) is 3.67. The monoisotopic (exact) mass is 282 g/mol. The lowest BCUT2D eigenvalue weighted by molar-refractivity contribution is 0.178. The number of sulfonamides is 1. The van der Waals surface area contributed by atoms with E-state index in [9.17, 15) is 8.42 Å². The van der Waals surface area contributed by atoms with Crippen LogP contribution in [0.5, 0.6) is 0 Å². The molecule has 2 rings (SSSR count). The second-order valence-corrected chi connectivity index (χ2v) is 7.16. The first kappa shape index (κ1) is 14.5. The molecule has 1 N–H and O–H groups in total. The second-order valence-electron chi connectivity index (χ2n) is 5.33. The van der Waals surface area contributed by atoms with Crippen LogP contribution in [0, 0.1) is 5.92 Å². The van der Waals surface area contributed by atoms with Crippen molar-refractivity contribution in [2.45, 2.75) is 19.4 Å². The highest BCUT2D eigenvalue weighted by Crippen LogP contribution is 2.18. The average Bonchev–Trinajstić information content (AvgIpc) is 2.38. The second kappa shape index (κ2) is 6.50. The number of likely N-dealkylation sites (tertiary alicyclic amines) is 1. The molecular weight excluding hydrogens is 260 g/mol. The van der Waals surface area contributed by atoms with Gasteiger partial charge in [0.25, 0.3) is 0 Å². The largest absolute Gasteiger partial charge is 0.299 e. The molecule has 1 saturated heterocycles. The molecule has 0 unspecified atom stereocenters. The molecule has 1 fully saturated rings. The van der Waals surface area contributed by atoms with E-state index in [1.165, 1.54) is 11.8 Å². The van der Waals surface area contributed by atoms with Crippen LogP contribution in [0.15, 0.2) is 30.3 Å². The summed E-state index contributed by atoms with van der Waals surface area (Å²) in [6, 6.07) is 10.5. The van der Waals surface area contributed by atoms with Gasteiger partial charge in [0.2, 0.25) is 10.0 Å². The molecule has 0 amide bonds. The number of nitrogens with zero attached hydrogens (tertiary/aromatic N) is 1. The highest BCUT2D eigenvalue weighted by atomic mass is 32.2. The smallest absolute Gasteiger partial charge is 0.208 e. The van der Waals surface area contributed by atoms with Crippen molar-refractivity contribution in [1.82, 2.24) is 9.62 Å². The SMILES string of the molecule is CS(=O)(=O)NCC1CCN(Cc2ccccc2)CC1. The van der Waals surface area contributed by atoms with Gasteiger partial charge in [0.1, 0.15) is 0 Å². The summed E-state index contributed by atoms with van der Waals surface area (Å²) in [4.78, 5) is 2.44. The van der Waals surface area contributed by atoms with Gasteiger partial charge in [0.05, 0.1) is 6.26 Å². The Hall–Kier alpha value is -0.910. The highest BCUT2D eigenvalue weighted by Gasteiger charge is 2.19. The number of piperidine rings is 1. The van der Waals surface area contributed by atoms with Crippen LogP contribution in [-0.4, -0.2) is 39.2 Å². The van der Waals surface area contributed by atoms with E-state index in [0.29, 0.717) is 12.5 Å². The lowest BCUT2D eigenvalue weighted by Crippen LogP contribution is -2.38. The van der Waals surface area contributed by atoms with Crippen LogP contribution in [0.2, 0.25) is 0 Å². The third kappa shape index (κ3) is 5.30. The summed E-state index contributed by atoms with van der Waals surface area (Å²) in [6.07, 6.45) is 3.35. The molecule has 106 valence electrons. The van der Waals surface area contributed by atoms with Gasteiger partial charge in [-0.25, -0.2) is 13.1 Å². The molecule has 1 aliphatic heterocycles. The number of nitrogens with one attached hydrogen (secondary N) is 1. The maximum Gasteiger partial charge on any atom is 0.208 e. The predicted molar refractivity (Wildman–Crippen MR) is 77.3 cm³/mol. The van der Waals surface area contributed by atoms with E-state index < -0.39 is 10.0 Å². The van der Waals surface area contributed by atoms with Gasteiger partial charge in [-0.15, -0.1) is 0 Å². The Balaban J connectivity index is 1.74. The Morgan fingerprint density at radius 1 is 1.21 bits per heavy atom. The third-order valence-corrected chi connectivity index (χ3v) is 4.28. The molecule has 0 atom stereocenters. The number of rotatable bonds is 5. The van der Waals surface area contributed by atoms with Crippen LogP contribution in [0.3, 0.4) is 0 Å². The summed E-state index contributed by atoms with van der Waals surface area (Å²) in [5.74, 6) is 0.474. The summed E-state index contributed by atoms with van der Waals surface area (Å²) in [5, 5.41) is 0. The predicted octanol–water partition coefficient (Wildman–Crippen LogP) is 1.45. The number of benzene rings is 1. The number of hydrogen-bond acceptors (Lipinski definition) is 3. The molecule has 0 bridgehead atoms. The average molecular weight is 282 g/mol. The van der Waals surface area contributed by atoms with Crippen molar-refractivity contribution >= 4 is 10.0 Å². The van der Waals surface area contributed by atoms with Crippen molar-refractivity contribution in [2.75, 3.05) is 25.9 Å². The Kier molecular flexibility index (Phi) is 4.96. The summed E-state index contributed by atoms with van der Waals surface area (Å²) >= 11 is 0.